The van der Waals surface area contributed by atoms with Crippen molar-refractivity contribution in [1.29, 1.82) is 0 Å². The lowest BCUT2D eigenvalue weighted by Crippen LogP contribution is -2.40. The number of phenolic OH excluding ortho intramolecular Hbond substituents is 2. The molecular weight excluding hydrogens is 1550 g/mol. The number of hydroxylamine groups is 3. The number of nitrogens with one attached hydrogen (secondary N) is 3. The first-order valence-corrected chi connectivity index (χ1v) is 38.6. The average Bonchev–Trinajstić information content (AvgIpc) is 1.62. The molecule has 6 heterocycles. The summed E-state index contributed by atoms with van der Waals surface area (Å²) in [6.45, 7) is 0.226. The molecule has 0 atom stereocenters. The van der Waals surface area contributed by atoms with Gasteiger partial charge in [0.2, 0.25) is 35.1 Å². The molecule has 25 nitrogen and oxygen atoms in total. The fourth-order valence-corrected chi connectivity index (χ4v) is 17.2. The van der Waals surface area contributed by atoms with Crippen LogP contribution in [-0.2, 0) is 53.7 Å². The summed E-state index contributed by atoms with van der Waals surface area (Å²) in [6, 6.07) is 67.1. The molecule has 0 aliphatic rings. The molecule has 117 heavy (non-hydrogen) atoms. The zero-order valence-electron chi connectivity index (χ0n) is 62.0. The van der Waals surface area contributed by atoms with Crippen molar-refractivity contribution in [3.05, 3.63) is 302 Å². The summed E-state index contributed by atoms with van der Waals surface area (Å²) in [5.41, 5.74) is 51.6. The molecule has 0 radical (unpaired) electrons. The summed E-state index contributed by atoms with van der Waals surface area (Å²) >= 11 is 3.62. The molecular formula is C87H75F2N13O12S3. The van der Waals surface area contributed by atoms with Gasteiger partial charge >= 0.3 is 0 Å². The lowest BCUT2D eigenvalue weighted by Gasteiger charge is -2.18. The first-order valence-electron chi connectivity index (χ1n) is 36.1. The van der Waals surface area contributed by atoms with Gasteiger partial charge in [0.15, 0.2) is 11.6 Å². The highest BCUT2D eigenvalue weighted by Gasteiger charge is 2.28. The largest absolute Gasteiger partial charge is 0.508 e. The van der Waals surface area contributed by atoms with Gasteiger partial charge in [-0.1, -0.05) is 121 Å². The maximum atomic E-state index is 15.4. The van der Waals surface area contributed by atoms with E-state index in [9.17, 15) is 43.8 Å². The summed E-state index contributed by atoms with van der Waals surface area (Å²) in [6.07, 6.45) is -0.410. The zero-order chi connectivity index (χ0) is 82.9. The van der Waals surface area contributed by atoms with Crippen molar-refractivity contribution in [3.63, 3.8) is 0 Å². The van der Waals surface area contributed by atoms with Crippen LogP contribution >= 0.6 is 34.0 Å². The number of carbonyl (C=O) groups excluding carboxylic acids is 7. The van der Waals surface area contributed by atoms with Crippen LogP contribution in [0.3, 0.4) is 0 Å². The number of phenols is 2. The summed E-state index contributed by atoms with van der Waals surface area (Å²) < 4.78 is 36.0. The highest BCUT2D eigenvalue weighted by molar-refractivity contribution is 7.18. The van der Waals surface area contributed by atoms with Gasteiger partial charge in [0, 0.05) is 69.9 Å². The topological polar surface area (TPSA) is 431 Å². The van der Waals surface area contributed by atoms with Crippen molar-refractivity contribution in [2.45, 2.75) is 39.3 Å². The number of nitrogens with two attached hydrogens (primary N) is 6. The van der Waals surface area contributed by atoms with Crippen molar-refractivity contribution < 1.29 is 68.2 Å². The lowest BCUT2D eigenvalue weighted by molar-refractivity contribution is -0.129. The number of hydrogen-bond donors (Lipinski definition) is 14. The average molecular weight is 1630 g/mol. The number of nitrogen functional groups attached to an aromatic ring is 1. The van der Waals surface area contributed by atoms with Gasteiger partial charge in [-0.25, -0.2) is 25.2 Å². The molecule has 0 spiro atoms. The molecule has 0 saturated carbocycles. The molecule has 0 aliphatic heterocycles. The van der Waals surface area contributed by atoms with E-state index in [1.54, 1.807) is 165 Å². The Balaban J connectivity index is 0.000000153. The van der Waals surface area contributed by atoms with Crippen LogP contribution in [-0.4, -0.2) is 98.8 Å². The Kier molecular flexibility index (Phi) is 25.0. The van der Waals surface area contributed by atoms with Crippen LogP contribution in [0.25, 0.3) is 97.8 Å². The molecule has 30 heteroatoms. The third-order valence-corrected chi connectivity index (χ3v) is 23.1. The van der Waals surface area contributed by atoms with Crippen LogP contribution in [0.1, 0.15) is 72.8 Å². The number of thiophene rings is 3. The van der Waals surface area contributed by atoms with Gasteiger partial charge in [-0.15, -0.1) is 34.0 Å². The smallest absolute Gasteiger partial charge is 0.255 e. The van der Waals surface area contributed by atoms with Crippen molar-refractivity contribution >= 4 is 113 Å². The van der Waals surface area contributed by atoms with Crippen molar-refractivity contribution in [1.82, 2.24) is 35.0 Å². The second-order valence-electron chi connectivity index (χ2n) is 26.7. The van der Waals surface area contributed by atoms with Crippen LogP contribution in [0, 0.1) is 11.6 Å². The maximum Gasteiger partial charge on any atom is 0.255 e. The quantitative estimate of drug-likeness (QED) is 0.00878. The molecule has 0 bridgehead atoms. The summed E-state index contributed by atoms with van der Waals surface area (Å²) in [7, 11) is 0. The van der Waals surface area contributed by atoms with Crippen LogP contribution in [0.15, 0.2) is 237 Å². The summed E-state index contributed by atoms with van der Waals surface area (Å²) in [5.74, 6) is -3.61. The fourth-order valence-electron chi connectivity index (χ4n) is 13.8. The Morgan fingerprint density at radius 1 is 0.376 bits per heavy atom. The highest BCUT2D eigenvalue weighted by atomic mass is 32.1. The van der Waals surface area contributed by atoms with E-state index < -0.39 is 29.4 Å². The minimum atomic E-state index is -0.624. The Hall–Kier alpha value is -13.5. The minimum Gasteiger partial charge on any atom is -0.508 e. The second kappa shape index (κ2) is 35.9. The second-order valence-corrected chi connectivity index (χ2v) is 29.8. The number of aromatic nitrogens is 3. The predicted molar refractivity (Wildman–Crippen MR) is 447 cm³/mol. The molecule has 20 N–H and O–H groups in total. The number of halogens is 2. The van der Waals surface area contributed by atoms with Crippen LogP contribution in [0.5, 0.6) is 11.5 Å². The molecule has 0 fully saturated rings. The number of aromatic hydroxyl groups is 2. The number of amides is 4. The SMILES string of the molecule is NCN(CN)C(=O)c1ccc(-c2cc3ccc(C(=O)c4cc(CC(=O)NO)c(-c5cccc(O)c5)s4)cc3n2CN)cc1.NCn1c(-c2ccccc2)c(F)c2ccc(C(=O)c3cc(CC(=O)NO)c(-c4ccc(O)cc4)s3)cc21.NCn1c(-c2ccccc2)c(F)c2ccc(C(=O)c3cc(CC(=O)NO)c(-c4cccc(N)c4)s3)cc21. The molecule has 0 saturated heterocycles. The first kappa shape index (κ1) is 81.5. The number of hydrogen-bond acceptors (Lipinski definition) is 21. The molecule has 4 amide bonds. The van der Waals surface area contributed by atoms with E-state index in [2.05, 4.69) is 0 Å². The van der Waals surface area contributed by atoms with E-state index in [-0.39, 0.29) is 87.4 Å². The molecule has 0 aliphatic carbocycles. The Morgan fingerprint density at radius 2 is 0.769 bits per heavy atom. The Bertz CT molecular complexity index is 6290. The van der Waals surface area contributed by atoms with E-state index in [1.165, 1.54) is 57.1 Å². The van der Waals surface area contributed by atoms with E-state index in [0.717, 1.165) is 27.7 Å². The van der Waals surface area contributed by atoms with Gasteiger partial charge in [0.05, 0.1) is 101 Å². The van der Waals surface area contributed by atoms with Gasteiger partial charge in [-0.2, -0.15) is 0 Å². The zero-order valence-corrected chi connectivity index (χ0v) is 64.5. The molecule has 9 aromatic carbocycles. The van der Waals surface area contributed by atoms with Crippen LogP contribution < -0.4 is 50.8 Å². The van der Waals surface area contributed by atoms with Crippen molar-refractivity contribution in [2.24, 2.45) is 28.7 Å². The summed E-state index contributed by atoms with van der Waals surface area (Å²) in [4.78, 5) is 93.7. The van der Waals surface area contributed by atoms with E-state index in [1.807, 2.05) is 83.4 Å². The third kappa shape index (κ3) is 17.2. The Labute approximate surface area is 678 Å². The van der Waals surface area contributed by atoms with Crippen molar-refractivity contribution in [2.75, 3.05) is 19.1 Å². The third-order valence-electron chi connectivity index (χ3n) is 19.4. The number of rotatable bonds is 24. The monoisotopic (exact) mass is 1630 g/mol. The number of fused-ring (bicyclic) bond motifs is 3. The lowest BCUT2D eigenvalue weighted by atomic mass is 10.0. The van der Waals surface area contributed by atoms with Gasteiger partial charge in [-0.3, -0.25) is 49.2 Å². The van der Waals surface area contributed by atoms with E-state index in [0.29, 0.717) is 129 Å². The van der Waals surface area contributed by atoms with Gasteiger partial charge < -0.3 is 63.2 Å². The van der Waals surface area contributed by atoms with E-state index >= 15 is 8.78 Å². The Morgan fingerprint density at radius 3 is 1.19 bits per heavy atom. The van der Waals surface area contributed by atoms with E-state index in [4.69, 9.17) is 50.0 Å². The number of carbonyl (C=O) groups is 7. The molecule has 15 aromatic rings. The number of benzene rings is 9. The highest BCUT2D eigenvalue weighted by Crippen LogP contribution is 2.42. The van der Waals surface area contributed by atoms with Gasteiger partial charge in [0.1, 0.15) is 11.5 Å². The fraction of sp³-hybridized carbons (Fsp3) is 0.0920. The number of anilines is 1. The minimum absolute atomic E-state index is 0.0154. The first-order chi connectivity index (χ1) is 56.6. The standard InChI is InChI=1S/C31H30N6O5S.C28H23FN4O3S.C28H22FN3O4S/c32-15-36(16-33)31(41)19-6-4-18(5-7-19)25-11-20-8-9-21(12-26(20)37(25)17-34)29(40)27-13-23(14-28(39)35-42)30(43-27)22-2-1-3-24(38)10-22;29-25-21-10-9-17(12-22(21)33(15-30)26(25)16-5-2-1-3-6-16)27(35)23-13-19(14-24(34)32-36)28(37-23)18-7-4-8-20(31)11-18;29-25-21-11-8-18(12-22(21)32(15-30)26(25)16-4-2-1-3-5-16)27(35)23-13-19(14-24(34)31-36)28(37-23)17-6-9-20(33)10-7-17/h1-13,38,42H,14-17,32-34H2,(H,35,39);1-13,36H,14-15,30-31H2,(H,32,34);1-13,33,36H,14-15,30H2,(H,31,34). The predicted octanol–water partition coefficient (Wildman–Crippen LogP) is 13.2. The molecule has 15 rings (SSSR count). The van der Waals surface area contributed by atoms with Crippen LogP contribution in [0.2, 0.25) is 0 Å². The normalized spacial score (nSPS) is 11.1. The van der Waals surface area contributed by atoms with Gasteiger partial charge in [0.25, 0.3) is 5.91 Å². The van der Waals surface area contributed by atoms with Crippen LogP contribution in [0.4, 0.5) is 14.5 Å². The maximum absolute atomic E-state index is 15.4. The van der Waals surface area contributed by atoms with Crippen molar-refractivity contribution in [3.8, 4) is 76.6 Å². The molecule has 0 unspecified atom stereocenters. The molecule has 6 aromatic heterocycles. The molecule has 592 valence electrons. The van der Waals surface area contributed by atoms with Gasteiger partial charge in [-0.05, 0) is 154 Å². The number of ketones is 3. The number of nitrogens with zero attached hydrogens (tertiary/aromatic N) is 4. The summed E-state index contributed by atoms with van der Waals surface area (Å²) in [5, 5.41) is 48.3.